The second kappa shape index (κ2) is 7.07. The molecule has 4 N–H and O–H groups in total. The Kier molecular flexibility index (Phi) is 6.50. The van der Waals surface area contributed by atoms with Crippen LogP contribution in [-0.4, -0.2) is 41.0 Å². The number of thiol groups is 1. The maximum absolute atomic E-state index is 10.8. The van der Waals surface area contributed by atoms with E-state index in [0.717, 1.165) is 0 Å². The summed E-state index contributed by atoms with van der Waals surface area (Å²) in [4.78, 5) is 32.3. The van der Waals surface area contributed by atoms with Gasteiger partial charge < -0.3 is 15.7 Å². The van der Waals surface area contributed by atoms with Gasteiger partial charge in [-0.2, -0.15) is 12.6 Å². The zero-order valence-corrected chi connectivity index (χ0v) is 9.88. The third kappa shape index (κ3) is 6.25. The van der Waals surface area contributed by atoms with Crippen molar-refractivity contribution in [1.82, 2.24) is 16.0 Å². The van der Waals surface area contributed by atoms with Crippen LogP contribution in [0.4, 0.5) is 0 Å². The molecule has 92 valence electrons. The molecule has 0 aromatic carbocycles. The van der Waals surface area contributed by atoms with Crippen molar-refractivity contribution in [3.8, 4) is 0 Å². The Labute approximate surface area is 98.4 Å². The molecule has 0 aromatic heterocycles. The highest BCUT2D eigenvalue weighted by Gasteiger charge is 2.20. The van der Waals surface area contributed by atoms with Gasteiger partial charge in [0, 0.05) is 19.6 Å². The Hall–Kier alpha value is -1.28. The van der Waals surface area contributed by atoms with Crippen molar-refractivity contribution in [2.24, 2.45) is 0 Å². The summed E-state index contributed by atoms with van der Waals surface area (Å²) in [6.07, 6.45) is -0.928. The van der Waals surface area contributed by atoms with E-state index in [9.17, 15) is 14.4 Å². The van der Waals surface area contributed by atoms with E-state index < -0.39 is 30.1 Å². The van der Waals surface area contributed by atoms with Crippen LogP contribution in [0.3, 0.4) is 0 Å². The van der Waals surface area contributed by atoms with Crippen molar-refractivity contribution in [2.45, 2.75) is 26.2 Å². The van der Waals surface area contributed by atoms with Gasteiger partial charge in [0.15, 0.2) is 6.29 Å². The van der Waals surface area contributed by atoms with Crippen LogP contribution < -0.4 is 16.0 Å². The Morgan fingerprint density at radius 2 is 1.62 bits per heavy atom. The molecule has 7 nitrogen and oxygen atoms in total. The number of carboxylic acids is 1. The first-order valence-electron chi connectivity index (χ1n) is 4.50. The number of carbonyl (C=O) groups is 3. The van der Waals surface area contributed by atoms with Crippen LogP contribution in [0.25, 0.3) is 0 Å². The summed E-state index contributed by atoms with van der Waals surface area (Å²) in [6, 6.07) is -0.966. The SMILES string of the molecule is CC(=O)NC(NC(C)=O)N[C@@H](CS)C(=O)O. The van der Waals surface area contributed by atoms with Crippen LogP contribution >= 0.6 is 12.6 Å². The summed E-state index contributed by atoms with van der Waals surface area (Å²) in [6.45, 7) is 2.51. The minimum absolute atomic E-state index is 0.0327. The Morgan fingerprint density at radius 1 is 1.19 bits per heavy atom. The number of hydrogen-bond acceptors (Lipinski definition) is 5. The maximum atomic E-state index is 10.8. The molecule has 0 aliphatic heterocycles. The Balaban J connectivity index is 4.44. The maximum Gasteiger partial charge on any atom is 0.321 e. The van der Waals surface area contributed by atoms with Gasteiger partial charge in [0.1, 0.15) is 6.04 Å². The van der Waals surface area contributed by atoms with Crippen molar-refractivity contribution >= 4 is 30.4 Å². The molecule has 8 heteroatoms. The van der Waals surface area contributed by atoms with E-state index in [1.54, 1.807) is 0 Å². The highest BCUT2D eigenvalue weighted by atomic mass is 32.1. The average Bonchev–Trinajstić information content (AvgIpc) is 2.11. The molecule has 1 atom stereocenters. The van der Waals surface area contributed by atoms with Crippen molar-refractivity contribution in [1.29, 1.82) is 0 Å². The van der Waals surface area contributed by atoms with Gasteiger partial charge in [-0.1, -0.05) is 0 Å². The van der Waals surface area contributed by atoms with Crippen molar-refractivity contribution < 1.29 is 19.5 Å². The van der Waals surface area contributed by atoms with Gasteiger partial charge in [-0.15, -0.1) is 0 Å². The summed E-state index contributed by atoms with van der Waals surface area (Å²) >= 11 is 3.84. The Morgan fingerprint density at radius 3 is 1.88 bits per heavy atom. The molecule has 16 heavy (non-hydrogen) atoms. The molecule has 0 aliphatic rings. The first kappa shape index (κ1) is 14.7. The minimum atomic E-state index is -1.12. The first-order valence-corrected chi connectivity index (χ1v) is 5.14. The fourth-order valence-electron chi connectivity index (χ4n) is 0.929. The number of nitrogens with one attached hydrogen (secondary N) is 3. The molecule has 0 aromatic rings. The fourth-order valence-corrected chi connectivity index (χ4v) is 1.19. The molecule has 0 unspecified atom stereocenters. The van der Waals surface area contributed by atoms with Gasteiger partial charge in [-0.25, -0.2) is 0 Å². The molecule has 0 heterocycles. The van der Waals surface area contributed by atoms with Gasteiger partial charge in [-0.3, -0.25) is 19.7 Å². The lowest BCUT2D eigenvalue weighted by atomic mass is 10.3. The second-order valence-corrected chi connectivity index (χ2v) is 3.44. The quantitative estimate of drug-likeness (QED) is 0.291. The number of amides is 2. The number of carbonyl (C=O) groups excluding carboxylic acids is 2. The molecular weight excluding hydrogens is 234 g/mol. The van der Waals surface area contributed by atoms with E-state index in [1.807, 2.05) is 0 Å². The Bertz CT molecular complexity index is 268. The zero-order chi connectivity index (χ0) is 12.7. The predicted octanol–water partition coefficient (Wildman–Crippen LogP) is -1.49. The lowest BCUT2D eigenvalue weighted by Crippen LogP contribution is -2.60. The monoisotopic (exact) mass is 249 g/mol. The summed E-state index contributed by atoms with van der Waals surface area (Å²) in [7, 11) is 0. The van der Waals surface area contributed by atoms with Crippen molar-refractivity contribution in [2.75, 3.05) is 5.75 Å². The van der Waals surface area contributed by atoms with Gasteiger partial charge in [0.2, 0.25) is 11.8 Å². The lowest BCUT2D eigenvalue weighted by molar-refractivity contribution is -0.140. The van der Waals surface area contributed by atoms with E-state index >= 15 is 0 Å². The van der Waals surface area contributed by atoms with E-state index in [2.05, 4.69) is 28.6 Å². The van der Waals surface area contributed by atoms with Gasteiger partial charge in [-0.05, 0) is 0 Å². The normalized spacial score (nSPS) is 12.0. The van der Waals surface area contributed by atoms with E-state index in [0.29, 0.717) is 0 Å². The highest BCUT2D eigenvalue weighted by molar-refractivity contribution is 7.80. The molecule has 0 spiro atoms. The van der Waals surface area contributed by atoms with Crippen molar-refractivity contribution in [3.05, 3.63) is 0 Å². The van der Waals surface area contributed by atoms with E-state index in [-0.39, 0.29) is 5.75 Å². The third-order valence-corrected chi connectivity index (χ3v) is 1.91. The number of rotatable bonds is 6. The number of hydrogen-bond donors (Lipinski definition) is 5. The van der Waals surface area contributed by atoms with Gasteiger partial charge >= 0.3 is 5.97 Å². The lowest BCUT2D eigenvalue weighted by Gasteiger charge is -2.23. The fraction of sp³-hybridized carbons (Fsp3) is 0.625. The molecule has 0 bridgehead atoms. The van der Waals surface area contributed by atoms with Crippen LogP contribution in [-0.2, 0) is 14.4 Å². The van der Waals surface area contributed by atoms with Crippen molar-refractivity contribution in [3.63, 3.8) is 0 Å². The number of carboxylic acid groups (broad SMARTS) is 1. The molecule has 0 aliphatic carbocycles. The van der Waals surface area contributed by atoms with Crippen LogP contribution in [0.1, 0.15) is 13.8 Å². The molecule has 2 amide bonds. The topological polar surface area (TPSA) is 108 Å². The van der Waals surface area contributed by atoms with Gasteiger partial charge in [0.05, 0.1) is 0 Å². The smallest absolute Gasteiger partial charge is 0.321 e. The standard InChI is InChI=1S/C8H15N3O4S/c1-4(12)9-8(10-5(2)13)11-6(3-16)7(14)15/h6,8,11,16H,3H2,1-2H3,(H,9,12)(H,10,13)(H,14,15)/t6-/m0/s1. The van der Waals surface area contributed by atoms with Crippen LogP contribution in [0, 0.1) is 0 Å². The first-order chi connectivity index (χ1) is 7.36. The summed E-state index contributed by atoms with van der Waals surface area (Å²) < 4.78 is 0. The average molecular weight is 249 g/mol. The molecular formula is C8H15N3O4S. The van der Waals surface area contributed by atoms with Crippen LogP contribution in [0.15, 0.2) is 0 Å². The highest BCUT2D eigenvalue weighted by Crippen LogP contribution is 1.89. The van der Waals surface area contributed by atoms with E-state index in [4.69, 9.17) is 5.11 Å². The summed E-state index contributed by atoms with van der Waals surface area (Å²) in [5.41, 5.74) is 0. The second-order valence-electron chi connectivity index (χ2n) is 3.07. The minimum Gasteiger partial charge on any atom is -0.480 e. The molecule has 0 radical (unpaired) electrons. The summed E-state index contributed by atoms with van der Waals surface area (Å²) in [5, 5.41) is 16.0. The van der Waals surface area contributed by atoms with E-state index in [1.165, 1.54) is 13.8 Å². The third-order valence-electron chi connectivity index (χ3n) is 1.54. The largest absolute Gasteiger partial charge is 0.480 e. The number of aliphatic carboxylic acids is 1. The molecule has 0 rings (SSSR count). The predicted molar refractivity (Wildman–Crippen MR) is 59.8 cm³/mol. The molecule has 0 fully saturated rings. The van der Waals surface area contributed by atoms with Crippen LogP contribution in [0.2, 0.25) is 0 Å². The van der Waals surface area contributed by atoms with Gasteiger partial charge in [0.25, 0.3) is 0 Å². The molecule has 0 saturated heterocycles. The zero-order valence-electron chi connectivity index (χ0n) is 8.98. The summed E-state index contributed by atoms with van der Waals surface area (Å²) in [5.74, 6) is -1.87. The molecule has 0 saturated carbocycles. The van der Waals surface area contributed by atoms with Crippen LogP contribution in [0.5, 0.6) is 0 Å².